The van der Waals surface area contributed by atoms with Crippen LogP contribution < -0.4 is 20.2 Å². The molecule has 3 N–H and O–H groups in total. The van der Waals surface area contributed by atoms with Crippen LogP contribution in [0.15, 0.2) is 96.2 Å². The number of hydrogen-bond acceptors (Lipinski definition) is 7. The van der Waals surface area contributed by atoms with Gasteiger partial charge in [-0.1, -0.05) is 18.2 Å². The standard InChI is InChI=1S/C33H26F2N4O4/c1-33(2,41)18-42-20-8-9-22-27(16-20)36-14-12-28(22)43-29-10-7-19(15-25(29)35)39-32-30-26(11-13-37-32)38-17-23(31(30)40)21-5-3-4-6-24(21)34/h3-17,41H,18H2,1-2H3,(H,37,39)(H,38,40). The Kier molecular flexibility index (Phi) is 7.21. The zero-order valence-electron chi connectivity index (χ0n) is 23.2. The third-order valence-electron chi connectivity index (χ3n) is 6.64. The number of halogens is 2. The van der Waals surface area contributed by atoms with E-state index in [1.54, 1.807) is 68.6 Å². The number of pyridine rings is 3. The number of hydrogen-bond donors (Lipinski definition) is 3. The van der Waals surface area contributed by atoms with Crippen LogP contribution in [-0.2, 0) is 0 Å². The molecule has 3 aromatic carbocycles. The van der Waals surface area contributed by atoms with Crippen LogP contribution in [0.1, 0.15) is 13.8 Å². The summed E-state index contributed by atoms with van der Waals surface area (Å²) in [5.41, 5.74) is 0.288. The summed E-state index contributed by atoms with van der Waals surface area (Å²) < 4.78 is 41.3. The van der Waals surface area contributed by atoms with E-state index in [1.807, 2.05) is 0 Å². The number of anilines is 2. The second-order valence-corrected chi connectivity index (χ2v) is 10.6. The van der Waals surface area contributed by atoms with E-state index in [4.69, 9.17) is 9.47 Å². The lowest BCUT2D eigenvalue weighted by Gasteiger charge is -2.18. The molecule has 216 valence electrons. The van der Waals surface area contributed by atoms with Crippen LogP contribution in [0.25, 0.3) is 32.9 Å². The normalized spacial score (nSPS) is 11.6. The highest BCUT2D eigenvalue weighted by Gasteiger charge is 2.17. The molecule has 10 heteroatoms. The molecular formula is C33H26F2N4O4. The number of fused-ring (bicyclic) bond motifs is 2. The number of nitrogens with zero attached hydrogens (tertiary/aromatic N) is 2. The van der Waals surface area contributed by atoms with Crippen molar-refractivity contribution in [3.63, 3.8) is 0 Å². The van der Waals surface area contributed by atoms with Crippen molar-refractivity contribution < 1.29 is 23.4 Å². The van der Waals surface area contributed by atoms with Crippen LogP contribution >= 0.6 is 0 Å². The van der Waals surface area contributed by atoms with Crippen LogP contribution in [0.4, 0.5) is 20.3 Å². The summed E-state index contributed by atoms with van der Waals surface area (Å²) in [4.78, 5) is 25.1. The van der Waals surface area contributed by atoms with Gasteiger partial charge in [0.05, 0.1) is 22.0 Å². The van der Waals surface area contributed by atoms with E-state index in [2.05, 4.69) is 20.3 Å². The van der Waals surface area contributed by atoms with Gasteiger partial charge in [-0.15, -0.1) is 0 Å². The summed E-state index contributed by atoms with van der Waals surface area (Å²) in [6.45, 7) is 3.40. The van der Waals surface area contributed by atoms with Gasteiger partial charge in [-0.2, -0.15) is 0 Å². The fraction of sp³-hybridized carbons (Fsp3) is 0.121. The molecule has 6 aromatic rings. The molecule has 8 nitrogen and oxygen atoms in total. The van der Waals surface area contributed by atoms with E-state index in [0.29, 0.717) is 33.6 Å². The second kappa shape index (κ2) is 11.1. The maximum atomic E-state index is 15.3. The lowest BCUT2D eigenvalue weighted by molar-refractivity contribution is 0.0285. The van der Waals surface area contributed by atoms with Crippen molar-refractivity contribution in [2.75, 3.05) is 11.9 Å². The Hall–Kier alpha value is -5.35. The van der Waals surface area contributed by atoms with E-state index in [1.165, 1.54) is 36.7 Å². The van der Waals surface area contributed by atoms with Crippen LogP contribution in [-0.4, -0.2) is 32.3 Å². The highest BCUT2D eigenvalue weighted by atomic mass is 19.1. The number of aromatic amines is 1. The highest BCUT2D eigenvalue weighted by molar-refractivity contribution is 5.93. The van der Waals surface area contributed by atoms with E-state index in [9.17, 15) is 14.3 Å². The Morgan fingerprint density at radius 1 is 0.907 bits per heavy atom. The number of benzene rings is 3. The molecule has 3 aromatic heterocycles. The van der Waals surface area contributed by atoms with Crippen molar-refractivity contribution in [3.05, 3.63) is 113 Å². The molecule has 0 spiro atoms. The highest BCUT2D eigenvalue weighted by Crippen LogP contribution is 2.34. The topological polar surface area (TPSA) is 109 Å². The first kappa shape index (κ1) is 27.8. The Morgan fingerprint density at radius 2 is 1.72 bits per heavy atom. The minimum absolute atomic E-state index is 0.0222. The van der Waals surface area contributed by atoms with Crippen LogP contribution in [0.2, 0.25) is 0 Å². The number of nitrogens with one attached hydrogen (secondary N) is 2. The predicted molar refractivity (Wildman–Crippen MR) is 161 cm³/mol. The number of rotatable bonds is 8. The predicted octanol–water partition coefficient (Wildman–Crippen LogP) is 7.10. The minimum atomic E-state index is -0.990. The first-order valence-corrected chi connectivity index (χ1v) is 13.4. The quantitative estimate of drug-likeness (QED) is 0.176. The smallest absolute Gasteiger partial charge is 0.201 e. The van der Waals surface area contributed by atoms with Gasteiger partial charge in [0.1, 0.15) is 29.7 Å². The van der Waals surface area contributed by atoms with Crippen molar-refractivity contribution in [2.45, 2.75) is 19.4 Å². The van der Waals surface area contributed by atoms with Gasteiger partial charge in [0, 0.05) is 52.9 Å². The van der Waals surface area contributed by atoms with Gasteiger partial charge in [-0.05, 0) is 56.3 Å². The van der Waals surface area contributed by atoms with Gasteiger partial charge in [0.25, 0.3) is 0 Å². The molecule has 0 saturated carbocycles. The number of H-pyrrole nitrogens is 1. The lowest BCUT2D eigenvalue weighted by Crippen LogP contribution is -2.27. The molecular weight excluding hydrogens is 554 g/mol. The van der Waals surface area contributed by atoms with E-state index in [0.717, 1.165) is 0 Å². The van der Waals surface area contributed by atoms with Gasteiger partial charge in [0.15, 0.2) is 11.6 Å². The van der Waals surface area contributed by atoms with Crippen LogP contribution in [0, 0.1) is 11.6 Å². The van der Waals surface area contributed by atoms with E-state index < -0.39 is 22.7 Å². The third-order valence-corrected chi connectivity index (χ3v) is 6.64. The second-order valence-electron chi connectivity index (χ2n) is 10.6. The van der Waals surface area contributed by atoms with Gasteiger partial charge >= 0.3 is 0 Å². The summed E-state index contributed by atoms with van der Waals surface area (Å²) in [7, 11) is 0. The van der Waals surface area contributed by atoms with Crippen LogP contribution in [0.5, 0.6) is 17.2 Å². The van der Waals surface area contributed by atoms with Gasteiger partial charge in [-0.3, -0.25) is 9.78 Å². The molecule has 0 bridgehead atoms. The average Bonchev–Trinajstić information content (AvgIpc) is 2.98. The molecule has 0 atom stereocenters. The molecule has 0 aliphatic carbocycles. The Labute approximate surface area is 244 Å². The fourth-order valence-electron chi connectivity index (χ4n) is 4.59. The SMILES string of the molecule is CC(C)(O)COc1ccc2c(Oc3ccc(Nc4nccc5[nH]cc(-c6ccccc6F)c(=O)c45)cc3F)ccnc2c1. The zero-order valence-corrected chi connectivity index (χ0v) is 23.2. The van der Waals surface area contributed by atoms with E-state index in [-0.39, 0.29) is 34.7 Å². The van der Waals surface area contributed by atoms with Crippen molar-refractivity contribution in [2.24, 2.45) is 0 Å². The molecule has 43 heavy (non-hydrogen) atoms. The molecule has 6 rings (SSSR count). The maximum absolute atomic E-state index is 15.3. The lowest BCUT2D eigenvalue weighted by atomic mass is 10.0. The van der Waals surface area contributed by atoms with Gasteiger partial charge < -0.3 is 24.9 Å². The average molecular weight is 581 g/mol. The Morgan fingerprint density at radius 3 is 2.51 bits per heavy atom. The summed E-state index contributed by atoms with van der Waals surface area (Å²) in [6, 6.07) is 18.8. The fourth-order valence-corrected chi connectivity index (χ4v) is 4.59. The molecule has 0 saturated heterocycles. The molecule has 0 fully saturated rings. The number of aliphatic hydroxyl groups is 1. The largest absolute Gasteiger partial charge is 0.491 e. The molecule has 3 heterocycles. The molecule has 0 radical (unpaired) electrons. The summed E-state index contributed by atoms with van der Waals surface area (Å²) >= 11 is 0. The van der Waals surface area contributed by atoms with Crippen molar-refractivity contribution in [3.8, 4) is 28.4 Å². The Bertz CT molecular complexity index is 2040. The first-order valence-electron chi connectivity index (χ1n) is 13.4. The summed E-state index contributed by atoms with van der Waals surface area (Å²) in [6.07, 6.45) is 4.52. The van der Waals surface area contributed by atoms with Crippen molar-refractivity contribution in [1.29, 1.82) is 0 Å². The van der Waals surface area contributed by atoms with Crippen molar-refractivity contribution >= 4 is 33.3 Å². The number of ether oxygens (including phenoxy) is 2. The first-order chi connectivity index (χ1) is 20.7. The molecule has 0 unspecified atom stereocenters. The Balaban J connectivity index is 1.27. The summed E-state index contributed by atoms with van der Waals surface area (Å²) in [5, 5.41) is 13.8. The number of aromatic nitrogens is 3. The molecule has 0 aliphatic rings. The third kappa shape index (κ3) is 5.86. The summed E-state index contributed by atoms with van der Waals surface area (Å²) in [5.74, 6) is -0.0886. The van der Waals surface area contributed by atoms with E-state index >= 15 is 4.39 Å². The monoisotopic (exact) mass is 580 g/mol. The molecule has 0 amide bonds. The van der Waals surface area contributed by atoms with Crippen molar-refractivity contribution in [1.82, 2.24) is 15.0 Å². The van der Waals surface area contributed by atoms with Gasteiger partial charge in [-0.25, -0.2) is 13.8 Å². The van der Waals surface area contributed by atoms with Gasteiger partial charge in [0.2, 0.25) is 5.43 Å². The zero-order chi connectivity index (χ0) is 30.1. The maximum Gasteiger partial charge on any atom is 0.201 e. The minimum Gasteiger partial charge on any atom is -0.491 e. The molecule has 0 aliphatic heterocycles. The van der Waals surface area contributed by atoms with Crippen LogP contribution in [0.3, 0.4) is 0 Å².